The first kappa shape index (κ1) is 20.1. The molecule has 0 atom stereocenters. The molecule has 5 nitrogen and oxygen atoms in total. The molecular weight excluding hydrogens is 393 g/mol. The minimum Gasteiger partial charge on any atom is -0.372 e. The number of rotatable bonds is 7. The van der Waals surface area contributed by atoms with Crippen LogP contribution in [0.5, 0.6) is 0 Å². The Balaban J connectivity index is 1.65. The van der Waals surface area contributed by atoms with Gasteiger partial charge in [-0.15, -0.1) is 0 Å². The van der Waals surface area contributed by atoms with E-state index in [1.807, 2.05) is 24.3 Å². The van der Waals surface area contributed by atoms with Gasteiger partial charge in [0.2, 0.25) is 16.5 Å². The summed E-state index contributed by atoms with van der Waals surface area (Å²) in [6.07, 6.45) is 4.17. The van der Waals surface area contributed by atoms with Crippen LogP contribution in [0.2, 0.25) is 10.6 Å². The number of nitrogens with zero attached hydrogens (tertiary/aromatic N) is 4. The van der Waals surface area contributed by atoms with Crippen molar-refractivity contribution in [3.63, 3.8) is 0 Å². The molecule has 0 fully saturated rings. The van der Waals surface area contributed by atoms with Gasteiger partial charge >= 0.3 is 0 Å². The Labute approximate surface area is 175 Å². The van der Waals surface area contributed by atoms with Crippen LogP contribution in [0, 0.1) is 0 Å². The third-order valence-corrected chi connectivity index (χ3v) is 4.58. The van der Waals surface area contributed by atoms with Gasteiger partial charge in [-0.2, -0.15) is 15.0 Å². The summed E-state index contributed by atoms with van der Waals surface area (Å²) in [5, 5.41) is 3.15. The van der Waals surface area contributed by atoms with Crippen molar-refractivity contribution in [1.82, 2.24) is 15.0 Å². The van der Waals surface area contributed by atoms with Crippen molar-refractivity contribution >= 4 is 52.7 Å². The van der Waals surface area contributed by atoms with Crippen LogP contribution >= 0.6 is 23.2 Å². The maximum atomic E-state index is 5.79. The predicted molar refractivity (Wildman–Crippen MR) is 119 cm³/mol. The van der Waals surface area contributed by atoms with Gasteiger partial charge in [0.05, 0.1) is 0 Å². The average molecular weight is 414 g/mol. The summed E-state index contributed by atoms with van der Waals surface area (Å²) >= 11 is 11.6. The highest BCUT2D eigenvalue weighted by Crippen LogP contribution is 2.19. The van der Waals surface area contributed by atoms with Gasteiger partial charge in [-0.05, 0) is 72.4 Å². The van der Waals surface area contributed by atoms with Gasteiger partial charge in [-0.25, -0.2) is 0 Å². The number of nitrogens with one attached hydrogen (secondary N) is 1. The summed E-state index contributed by atoms with van der Waals surface area (Å²) in [5.41, 5.74) is 4.33. The molecule has 0 unspecified atom stereocenters. The Kier molecular flexibility index (Phi) is 6.85. The minimum absolute atomic E-state index is 0.0501. The molecule has 2 aromatic carbocycles. The highest BCUT2D eigenvalue weighted by Gasteiger charge is 2.03. The fourth-order valence-electron chi connectivity index (χ4n) is 2.77. The number of halogens is 2. The van der Waals surface area contributed by atoms with Crippen LogP contribution in [0.25, 0.3) is 12.2 Å². The van der Waals surface area contributed by atoms with E-state index in [0.717, 1.165) is 29.9 Å². The Morgan fingerprint density at radius 1 is 0.786 bits per heavy atom. The predicted octanol–water partition coefficient (Wildman–Crippen LogP) is 5.94. The first-order chi connectivity index (χ1) is 13.6. The van der Waals surface area contributed by atoms with Gasteiger partial charge in [0.15, 0.2) is 0 Å². The van der Waals surface area contributed by atoms with Crippen molar-refractivity contribution < 1.29 is 0 Å². The second kappa shape index (κ2) is 9.53. The van der Waals surface area contributed by atoms with Crippen molar-refractivity contribution in [3.05, 3.63) is 70.2 Å². The fraction of sp³-hybridized carbons (Fsp3) is 0.190. The van der Waals surface area contributed by atoms with Crippen LogP contribution in [-0.2, 0) is 0 Å². The summed E-state index contributed by atoms with van der Waals surface area (Å²) in [7, 11) is 0. The maximum absolute atomic E-state index is 5.79. The summed E-state index contributed by atoms with van der Waals surface area (Å²) in [5.74, 6) is 0.307. The lowest BCUT2D eigenvalue weighted by Gasteiger charge is -2.20. The second-order valence-electron chi connectivity index (χ2n) is 6.04. The molecule has 0 amide bonds. The Morgan fingerprint density at radius 3 is 1.79 bits per heavy atom. The second-order valence-corrected chi connectivity index (χ2v) is 6.72. The maximum Gasteiger partial charge on any atom is 0.232 e. The molecular formula is C21H21Cl2N5. The van der Waals surface area contributed by atoms with E-state index < -0.39 is 0 Å². The molecule has 1 aromatic heterocycles. The van der Waals surface area contributed by atoms with Crippen molar-refractivity contribution in [1.29, 1.82) is 0 Å². The van der Waals surface area contributed by atoms with Gasteiger partial charge in [-0.1, -0.05) is 36.4 Å². The van der Waals surface area contributed by atoms with Crippen LogP contribution in [0.4, 0.5) is 17.3 Å². The third-order valence-electron chi connectivity index (χ3n) is 4.24. The summed E-state index contributed by atoms with van der Waals surface area (Å²) in [4.78, 5) is 14.0. The summed E-state index contributed by atoms with van der Waals surface area (Å²) < 4.78 is 0. The van der Waals surface area contributed by atoms with Gasteiger partial charge in [0.25, 0.3) is 0 Å². The molecule has 0 saturated carbocycles. The molecule has 0 aliphatic heterocycles. The molecule has 1 N–H and O–H groups in total. The van der Waals surface area contributed by atoms with E-state index in [0.29, 0.717) is 5.95 Å². The average Bonchev–Trinajstić information content (AvgIpc) is 2.68. The van der Waals surface area contributed by atoms with E-state index >= 15 is 0 Å². The summed E-state index contributed by atoms with van der Waals surface area (Å²) in [6.45, 7) is 6.35. The molecule has 0 aliphatic rings. The number of aromatic nitrogens is 3. The molecule has 3 rings (SSSR count). The SMILES string of the molecule is CCN(CC)c1ccc(/C=C/c2ccc(Nc3nc(Cl)nc(Cl)n3)cc2)cc1. The van der Waals surface area contributed by atoms with E-state index in [1.165, 1.54) is 5.69 Å². The zero-order valence-corrected chi connectivity index (χ0v) is 17.2. The van der Waals surface area contributed by atoms with Crippen molar-refractivity contribution in [2.75, 3.05) is 23.3 Å². The van der Waals surface area contributed by atoms with E-state index in [1.54, 1.807) is 0 Å². The molecule has 3 aromatic rings. The topological polar surface area (TPSA) is 53.9 Å². The zero-order valence-electron chi connectivity index (χ0n) is 15.7. The van der Waals surface area contributed by atoms with E-state index in [2.05, 4.69) is 75.4 Å². The number of hydrogen-bond acceptors (Lipinski definition) is 5. The zero-order chi connectivity index (χ0) is 19.9. The van der Waals surface area contributed by atoms with Crippen molar-refractivity contribution in [2.24, 2.45) is 0 Å². The normalized spacial score (nSPS) is 11.0. The highest BCUT2D eigenvalue weighted by molar-refractivity contribution is 6.31. The van der Waals surface area contributed by atoms with Gasteiger partial charge in [-0.3, -0.25) is 0 Å². The molecule has 0 saturated heterocycles. The number of hydrogen-bond donors (Lipinski definition) is 1. The molecule has 0 spiro atoms. The number of benzene rings is 2. The largest absolute Gasteiger partial charge is 0.372 e. The molecule has 7 heteroatoms. The van der Waals surface area contributed by atoms with E-state index in [-0.39, 0.29) is 10.6 Å². The first-order valence-electron chi connectivity index (χ1n) is 9.04. The molecule has 144 valence electrons. The monoisotopic (exact) mass is 413 g/mol. The Hall–Kier alpha value is -2.63. The first-order valence-corrected chi connectivity index (χ1v) is 9.80. The van der Waals surface area contributed by atoms with Gasteiger partial charge in [0.1, 0.15) is 0 Å². The molecule has 0 radical (unpaired) electrons. The Morgan fingerprint density at radius 2 is 1.29 bits per heavy atom. The van der Waals surface area contributed by atoms with Crippen molar-refractivity contribution in [3.8, 4) is 0 Å². The lowest BCUT2D eigenvalue weighted by atomic mass is 10.1. The standard InChI is InChI=1S/C21H21Cl2N5/c1-3-28(4-2)18-13-9-16(10-14-18)6-5-15-7-11-17(12-8-15)24-21-26-19(22)25-20(23)27-21/h5-14H,3-4H2,1-2H3,(H,24,25,26,27)/b6-5+. The van der Waals surface area contributed by atoms with Crippen LogP contribution in [0.15, 0.2) is 48.5 Å². The minimum atomic E-state index is 0.0501. The molecule has 1 heterocycles. The number of anilines is 3. The fourth-order valence-corrected chi connectivity index (χ4v) is 3.13. The third kappa shape index (κ3) is 5.44. The highest BCUT2D eigenvalue weighted by atomic mass is 35.5. The lowest BCUT2D eigenvalue weighted by molar-refractivity contribution is 0.866. The van der Waals surface area contributed by atoms with Crippen LogP contribution in [0.3, 0.4) is 0 Å². The quantitative estimate of drug-likeness (QED) is 0.485. The lowest BCUT2D eigenvalue weighted by Crippen LogP contribution is -2.21. The van der Waals surface area contributed by atoms with E-state index in [4.69, 9.17) is 23.2 Å². The van der Waals surface area contributed by atoms with Crippen LogP contribution in [-0.4, -0.2) is 28.0 Å². The van der Waals surface area contributed by atoms with Crippen LogP contribution < -0.4 is 10.2 Å². The van der Waals surface area contributed by atoms with E-state index in [9.17, 15) is 0 Å². The smallest absolute Gasteiger partial charge is 0.232 e. The summed E-state index contributed by atoms with van der Waals surface area (Å²) in [6, 6.07) is 16.5. The molecule has 28 heavy (non-hydrogen) atoms. The Bertz CT molecular complexity index is 916. The molecule has 0 aliphatic carbocycles. The van der Waals surface area contributed by atoms with Gasteiger partial charge < -0.3 is 10.2 Å². The van der Waals surface area contributed by atoms with Gasteiger partial charge in [0, 0.05) is 24.5 Å². The van der Waals surface area contributed by atoms with Crippen LogP contribution in [0.1, 0.15) is 25.0 Å². The molecule has 0 bridgehead atoms. The van der Waals surface area contributed by atoms with Crippen molar-refractivity contribution in [2.45, 2.75) is 13.8 Å².